The SMILES string of the molecule is CC1(C)CC1NC(=O)C1CCCC1C(=O)O. The fourth-order valence-corrected chi connectivity index (χ4v) is 2.56. The number of carbonyl (C=O) groups is 2. The third-order valence-corrected chi connectivity index (χ3v) is 4.00. The van der Waals surface area contributed by atoms with Crippen molar-refractivity contribution in [1.29, 1.82) is 0 Å². The van der Waals surface area contributed by atoms with Gasteiger partial charge < -0.3 is 10.4 Å². The summed E-state index contributed by atoms with van der Waals surface area (Å²) in [6, 6.07) is 0.245. The van der Waals surface area contributed by atoms with Gasteiger partial charge in [-0.05, 0) is 24.7 Å². The zero-order valence-electron chi connectivity index (χ0n) is 9.82. The maximum absolute atomic E-state index is 11.9. The predicted molar refractivity (Wildman–Crippen MR) is 58.8 cm³/mol. The number of carboxylic acids is 1. The fraction of sp³-hybridized carbons (Fsp3) is 0.833. The second-order valence-corrected chi connectivity index (χ2v) is 5.74. The van der Waals surface area contributed by atoms with E-state index in [1.54, 1.807) is 0 Å². The van der Waals surface area contributed by atoms with Gasteiger partial charge in [-0.25, -0.2) is 0 Å². The molecule has 0 spiro atoms. The highest BCUT2D eigenvalue weighted by Crippen LogP contribution is 2.45. The summed E-state index contributed by atoms with van der Waals surface area (Å²) >= 11 is 0. The number of hydrogen-bond donors (Lipinski definition) is 2. The average Bonchev–Trinajstić information content (AvgIpc) is 2.68. The summed E-state index contributed by atoms with van der Waals surface area (Å²) < 4.78 is 0. The first-order chi connectivity index (χ1) is 7.42. The van der Waals surface area contributed by atoms with Crippen molar-refractivity contribution in [3.63, 3.8) is 0 Å². The molecule has 2 rings (SSSR count). The van der Waals surface area contributed by atoms with Crippen molar-refractivity contribution in [2.45, 2.75) is 45.6 Å². The van der Waals surface area contributed by atoms with Crippen LogP contribution in [0, 0.1) is 17.3 Å². The van der Waals surface area contributed by atoms with E-state index in [2.05, 4.69) is 19.2 Å². The van der Waals surface area contributed by atoms with Crippen LogP contribution >= 0.6 is 0 Å². The molecule has 0 aromatic carbocycles. The van der Waals surface area contributed by atoms with Gasteiger partial charge >= 0.3 is 5.97 Å². The van der Waals surface area contributed by atoms with Crippen molar-refractivity contribution in [1.82, 2.24) is 5.32 Å². The molecule has 0 aromatic heterocycles. The van der Waals surface area contributed by atoms with Gasteiger partial charge in [0, 0.05) is 6.04 Å². The Morgan fingerprint density at radius 1 is 1.25 bits per heavy atom. The van der Waals surface area contributed by atoms with Crippen LogP contribution < -0.4 is 5.32 Å². The van der Waals surface area contributed by atoms with E-state index in [1.807, 2.05) is 0 Å². The van der Waals surface area contributed by atoms with Crippen molar-refractivity contribution in [2.24, 2.45) is 17.3 Å². The molecular weight excluding hydrogens is 206 g/mol. The van der Waals surface area contributed by atoms with Gasteiger partial charge in [-0.1, -0.05) is 20.3 Å². The number of nitrogens with one attached hydrogen (secondary N) is 1. The molecule has 0 aliphatic heterocycles. The molecule has 0 saturated heterocycles. The Hall–Kier alpha value is -1.06. The molecule has 90 valence electrons. The molecule has 4 heteroatoms. The van der Waals surface area contributed by atoms with Gasteiger partial charge in [0.15, 0.2) is 0 Å². The maximum atomic E-state index is 11.9. The first-order valence-corrected chi connectivity index (χ1v) is 5.95. The number of rotatable bonds is 3. The number of carbonyl (C=O) groups excluding carboxylic acids is 1. The van der Waals surface area contributed by atoms with Gasteiger partial charge in [-0.15, -0.1) is 0 Å². The lowest BCUT2D eigenvalue weighted by atomic mass is 9.95. The monoisotopic (exact) mass is 225 g/mol. The molecule has 2 saturated carbocycles. The Labute approximate surface area is 95.4 Å². The Balaban J connectivity index is 1.92. The summed E-state index contributed by atoms with van der Waals surface area (Å²) in [5.41, 5.74) is 0.201. The van der Waals surface area contributed by atoms with Gasteiger partial charge in [0.1, 0.15) is 0 Å². The second-order valence-electron chi connectivity index (χ2n) is 5.74. The molecule has 3 atom stereocenters. The lowest BCUT2D eigenvalue weighted by Crippen LogP contribution is -2.37. The Morgan fingerprint density at radius 3 is 2.31 bits per heavy atom. The summed E-state index contributed by atoms with van der Waals surface area (Å²) in [5.74, 6) is -1.66. The van der Waals surface area contributed by atoms with Crippen LogP contribution in [0.1, 0.15) is 39.5 Å². The van der Waals surface area contributed by atoms with Gasteiger partial charge in [-0.3, -0.25) is 9.59 Å². The van der Waals surface area contributed by atoms with Crippen molar-refractivity contribution in [3.05, 3.63) is 0 Å². The fourth-order valence-electron chi connectivity index (χ4n) is 2.56. The quantitative estimate of drug-likeness (QED) is 0.763. The van der Waals surface area contributed by atoms with E-state index in [4.69, 9.17) is 5.11 Å². The van der Waals surface area contributed by atoms with Gasteiger partial charge in [0.05, 0.1) is 11.8 Å². The third kappa shape index (κ3) is 2.06. The van der Waals surface area contributed by atoms with E-state index in [0.717, 1.165) is 19.3 Å². The molecular formula is C12H19NO3. The van der Waals surface area contributed by atoms with Crippen LogP contribution in [0.2, 0.25) is 0 Å². The smallest absolute Gasteiger partial charge is 0.307 e. The van der Waals surface area contributed by atoms with Crippen LogP contribution in [0.15, 0.2) is 0 Å². The highest BCUT2D eigenvalue weighted by Gasteiger charge is 2.48. The second kappa shape index (κ2) is 3.75. The van der Waals surface area contributed by atoms with Gasteiger partial charge in [-0.2, -0.15) is 0 Å². The minimum atomic E-state index is -0.826. The molecule has 2 aliphatic carbocycles. The zero-order chi connectivity index (χ0) is 11.9. The summed E-state index contributed by atoms with van der Waals surface area (Å²) in [4.78, 5) is 22.9. The van der Waals surface area contributed by atoms with E-state index in [-0.39, 0.29) is 23.3 Å². The highest BCUT2D eigenvalue weighted by atomic mass is 16.4. The third-order valence-electron chi connectivity index (χ3n) is 4.00. The molecule has 4 nitrogen and oxygen atoms in total. The molecule has 0 bridgehead atoms. The topological polar surface area (TPSA) is 66.4 Å². The van der Waals surface area contributed by atoms with E-state index < -0.39 is 11.9 Å². The largest absolute Gasteiger partial charge is 0.481 e. The van der Waals surface area contributed by atoms with Crippen molar-refractivity contribution in [2.75, 3.05) is 0 Å². The summed E-state index contributed by atoms with van der Waals surface area (Å²) in [7, 11) is 0. The van der Waals surface area contributed by atoms with Crippen molar-refractivity contribution < 1.29 is 14.7 Å². The number of aliphatic carboxylic acids is 1. The lowest BCUT2D eigenvalue weighted by Gasteiger charge is -2.16. The lowest BCUT2D eigenvalue weighted by molar-refractivity contribution is -0.146. The first kappa shape index (κ1) is 11.4. The van der Waals surface area contributed by atoms with Crippen LogP contribution in [0.3, 0.4) is 0 Å². The highest BCUT2D eigenvalue weighted by molar-refractivity contribution is 5.85. The molecule has 0 heterocycles. The molecule has 2 N–H and O–H groups in total. The minimum absolute atomic E-state index is 0.0551. The van der Waals surface area contributed by atoms with E-state index in [9.17, 15) is 9.59 Å². The summed E-state index contributed by atoms with van der Waals surface area (Å²) in [6.07, 6.45) is 3.21. The minimum Gasteiger partial charge on any atom is -0.481 e. The van der Waals surface area contributed by atoms with Crippen LogP contribution in [-0.2, 0) is 9.59 Å². The van der Waals surface area contributed by atoms with Crippen LogP contribution in [0.4, 0.5) is 0 Å². The van der Waals surface area contributed by atoms with Crippen LogP contribution in [-0.4, -0.2) is 23.0 Å². The Bertz CT molecular complexity index is 324. The number of amides is 1. The zero-order valence-corrected chi connectivity index (χ0v) is 9.82. The van der Waals surface area contributed by atoms with E-state index >= 15 is 0 Å². The standard InChI is InChI=1S/C12H19NO3/c1-12(2)6-9(12)13-10(14)7-4-3-5-8(7)11(15)16/h7-9H,3-6H2,1-2H3,(H,13,14)(H,15,16). The Morgan fingerprint density at radius 2 is 1.81 bits per heavy atom. The van der Waals surface area contributed by atoms with Gasteiger partial charge in [0.2, 0.25) is 5.91 Å². The Kier molecular flexibility index (Phi) is 2.68. The van der Waals surface area contributed by atoms with Crippen molar-refractivity contribution in [3.8, 4) is 0 Å². The molecule has 3 unspecified atom stereocenters. The molecule has 0 aromatic rings. The summed E-state index contributed by atoms with van der Waals surface area (Å²) in [6.45, 7) is 4.22. The van der Waals surface area contributed by atoms with E-state index in [0.29, 0.717) is 6.42 Å². The molecule has 2 fully saturated rings. The maximum Gasteiger partial charge on any atom is 0.307 e. The number of hydrogen-bond acceptors (Lipinski definition) is 2. The first-order valence-electron chi connectivity index (χ1n) is 5.95. The normalized spacial score (nSPS) is 35.8. The molecule has 16 heavy (non-hydrogen) atoms. The predicted octanol–water partition coefficient (Wildman–Crippen LogP) is 1.40. The molecule has 2 aliphatic rings. The molecule has 1 amide bonds. The van der Waals surface area contributed by atoms with Gasteiger partial charge in [0.25, 0.3) is 0 Å². The average molecular weight is 225 g/mol. The van der Waals surface area contributed by atoms with Crippen LogP contribution in [0.25, 0.3) is 0 Å². The van der Waals surface area contributed by atoms with Crippen LogP contribution in [0.5, 0.6) is 0 Å². The van der Waals surface area contributed by atoms with E-state index in [1.165, 1.54) is 0 Å². The number of carboxylic acid groups (broad SMARTS) is 1. The van der Waals surface area contributed by atoms with Crippen molar-refractivity contribution >= 4 is 11.9 Å². The summed E-state index contributed by atoms with van der Waals surface area (Å²) in [5, 5.41) is 12.0. The molecule has 0 radical (unpaired) electrons.